The van der Waals surface area contributed by atoms with E-state index in [0.717, 1.165) is 5.69 Å². The van der Waals surface area contributed by atoms with E-state index in [0.29, 0.717) is 22.9 Å². The summed E-state index contributed by atoms with van der Waals surface area (Å²) < 4.78 is 3.47. The van der Waals surface area contributed by atoms with Crippen LogP contribution in [0.4, 0.5) is 11.6 Å². The summed E-state index contributed by atoms with van der Waals surface area (Å²) in [7, 11) is 1.85. The van der Waals surface area contributed by atoms with Crippen molar-refractivity contribution in [2.24, 2.45) is 7.05 Å². The molecule has 0 unspecified atom stereocenters. The highest BCUT2D eigenvalue weighted by Crippen LogP contribution is 2.20. The number of nitrogens with zero attached hydrogens (tertiary/aromatic N) is 4. The van der Waals surface area contributed by atoms with E-state index in [9.17, 15) is 4.79 Å². The molecule has 0 spiro atoms. The van der Waals surface area contributed by atoms with Gasteiger partial charge in [-0.1, -0.05) is 26.0 Å². The fourth-order valence-electron chi connectivity index (χ4n) is 2.85. The first-order valence-electron chi connectivity index (χ1n) is 8.19. The van der Waals surface area contributed by atoms with Crippen molar-refractivity contribution in [3.8, 4) is 0 Å². The first-order valence-corrected chi connectivity index (χ1v) is 8.19. The van der Waals surface area contributed by atoms with Crippen molar-refractivity contribution < 1.29 is 0 Å². The van der Waals surface area contributed by atoms with Gasteiger partial charge in [0.05, 0.1) is 0 Å². The zero-order chi connectivity index (χ0) is 17.4. The Labute approximate surface area is 141 Å². The first-order chi connectivity index (χ1) is 11.4. The Morgan fingerprint density at radius 3 is 2.33 bits per heavy atom. The molecule has 1 aromatic carbocycles. The number of hydrogen-bond donors (Lipinski definition) is 1. The van der Waals surface area contributed by atoms with Crippen molar-refractivity contribution >= 4 is 22.7 Å². The Morgan fingerprint density at radius 1 is 1.08 bits per heavy atom. The summed E-state index contributed by atoms with van der Waals surface area (Å²) >= 11 is 0. The molecule has 0 fully saturated rings. The Bertz CT molecular complexity index is 919. The zero-order valence-electron chi connectivity index (χ0n) is 14.7. The number of nitrogens with one attached hydrogen (secondary N) is 1. The van der Waals surface area contributed by atoms with Crippen molar-refractivity contribution in [3.63, 3.8) is 0 Å². The predicted octanol–water partition coefficient (Wildman–Crippen LogP) is 3.58. The number of hydrogen-bond acceptors (Lipinski definition) is 4. The molecule has 1 N–H and O–H groups in total. The van der Waals surface area contributed by atoms with Gasteiger partial charge in [0.25, 0.3) is 5.56 Å². The van der Waals surface area contributed by atoms with Gasteiger partial charge in [-0.25, -0.2) is 9.67 Å². The van der Waals surface area contributed by atoms with Crippen molar-refractivity contribution in [1.29, 1.82) is 0 Å². The molecule has 3 rings (SSSR count). The van der Waals surface area contributed by atoms with E-state index in [1.54, 1.807) is 15.6 Å². The lowest BCUT2D eigenvalue weighted by Gasteiger charge is -2.10. The van der Waals surface area contributed by atoms with Crippen molar-refractivity contribution in [2.75, 3.05) is 5.32 Å². The largest absolute Gasteiger partial charge is 0.324 e. The highest BCUT2D eigenvalue weighted by Gasteiger charge is 2.15. The van der Waals surface area contributed by atoms with E-state index in [4.69, 9.17) is 0 Å². The highest BCUT2D eigenvalue weighted by molar-refractivity contribution is 5.75. The molecule has 0 aliphatic carbocycles. The third-order valence-electron chi connectivity index (χ3n) is 4.16. The summed E-state index contributed by atoms with van der Waals surface area (Å²) in [5.74, 6) is 0.980. The van der Waals surface area contributed by atoms with Crippen molar-refractivity contribution in [3.05, 3.63) is 46.4 Å². The van der Waals surface area contributed by atoms with E-state index >= 15 is 0 Å². The van der Waals surface area contributed by atoms with Gasteiger partial charge in [-0.3, -0.25) is 9.48 Å². The molecule has 0 bridgehead atoms. The number of anilines is 2. The number of rotatable bonds is 4. The molecular weight excluding hydrogens is 302 g/mol. The molecule has 126 valence electrons. The summed E-state index contributed by atoms with van der Waals surface area (Å²) in [6.07, 6.45) is 1.59. The second-order valence-electron chi connectivity index (χ2n) is 6.60. The molecule has 24 heavy (non-hydrogen) atoms. The molecule has 0 atom stereocenters. The Balaban J connectivity index is 1.96. The second kappa shape index (κ2) is 6.11. The number of aryl methyl sites for hydroxylation is 1. The highest BCUT2D eigenvalue weighted by atomic mass is 16.1. The van der Waals surface area contributed by atoms with E-state index in [-0.39, 0.29) is 11.6 Å². The summed E-state index contributed by atoms with van der Waals surface area (Å²) in [6.45, 7) is 8.28. The SMILES string of the molecule is CC(C)c1ccc(Nc2ncc3c(=O)n(C(C)C)n(C)c3n2)cc1. The summed E-state index contributed by atoms with van der Waals surface area (Å²) in [6, 6.07) is 8.28. The molecule has 2 heterocycles. The lowest BCUT2D eigenvalue weighted by Crippen LogP contribution is -2.23. The van der Waals surface area contributed by atoms with Gasteiger partial charge >= 0.3 is 0 Å². The van der Waals surface area contributed by atoms with Crippen LogP contribution in [0.2, 0.25) is 0 Å². The maximum Gasteiger partial charge on any atom is 0.278 e. The standard InChI is InChI=1S/C18H23N5O/c1-11(2)13-6-8-14(9-7-13)20-18-19-10-15-16(21-18)22(5)23(12(3)4)17(15)24/h6-12H,1-5H3,(H,19,20,21). The normalized spacial score (nSPS) is 11.6. The van der Waals surface area contributed by atoms with E-state index in [1.165, 1.54) is 5.56 Å². The van der Waals surface area contributed by atoms with Gasteiger partial charge in [-0.15, -0.1) is 0 Å². The van der Waals surface area contributed by atoms with Gasteiger partial charge in [0.15, 0.2) is 5.65 Å². The van der Waals surface area contributed by atoms with Crippen LogP contribution in [0.3, 0.4) is 0 Å². The maximum atomic E-state index is 12.4. The average molecular weight is 325 g/mol. The van der Waals surface area contributed by atoms with Gasteiger partial charge in [0.1, 0.15) is 5.39 Å². The Hall–Kier alpha value is -2.63. The summed E-state index contributed by atoms with van der Waals surface area (Å²) in [5.41, 5.74) is 2.78. The lowest BCUT2D eigenvalue weighted by molar-refractivity contribution is 0.445. The Kier molecular flexibility index (Phi) is 4.13. The summed E-state index contributed by atoms with van der Waals surface area (Å²) in [5, 5.41) is 3.73. The van der Waals surface area contributed by atoms with Crippen LogP contribution in [-0.2, 0) is 7.05 Å². The van der Waals surface area contributed by atoms with Crippen LogP contribution < -0.4 is 10.9 Å². The van der Waals surface area contributed by atoms with Gasteiger partial charge in [0, 0.05) is 25.0 Å². The van der Waals surface area contributed by atoms with Crippen molar-refractivity contribution in [1.82, 2.24) is 19.3 Å². The van der Waals surface area contributed by atoms with Gasteiger partial charge < -0.3 is 5.32 Å². The molecule has 3 aromatic rings. The fraction of sp³-hybridized carbons (Fsp3) is 0.389. The van der Waals surface area contributed by atoms with Crippen LogP contribution in [0.25, 0.3) is 11.0 Å². The molecular formula is C18H23N5O. The van der Waals surface area contributed by atoms with Crippen LogP contribution in [0, 0.1) is 0 Å². The minimum absolute atomic E-state index is 0.0599. The van der Waals surface area contributed by atoms with E-state index < -0.39 is 0 Å². The Morgan fingerprint density at radius 2 is 1.75 bits per heavy atom. The molecule has 0 saturated heterocycles. The van der Waals surface area contributed by atoms with Crippen LogP contribution in [0.15, 0.2) is 35.3 Å². The minimum atomic E-state index is -0.0599. The monoisotopic (exact) mass is 325 g/mol. The average Bonchev–Trinajstić information content (AvgIpc) is 2.79. The number of fused-ring (bicyclic) bond motifs is 1. The molecule has 0 saturated carbocycles. The third-order valence-corrected chi connectivity index (χ3v) is 4.16. The van der Waals surface area contributed by atoms with Crippen LogP contribution in [-0.4, -0.2) is 19.3 Å². The molecule has 2 aromatic heterocycles. The minimum Gasteiger partial charge on any atom is -0.324 e. The molecule has 0 aliphatic heterocycles. The maximum absolute atomic E-state index is 12.4. The molecule has 0 radical (unpaired) electrons. The van der Waals surface area contributed by atoms with Crippen LogP contribution in [0.1, 0.15) is 45.2 Å². The topological polar surface area (TPSA) is 64.7 Å². The first kappa shape index (κ1) is 16.2. The van der Waals surface area contributed by atoms with Crippen LogP contribution in [0.5, 0.6) is 0 Å². The quantitative estimate of drug-likeness (QED) is 0.796. The molecule has 6 heteroatoms. The summed E-state index contributed by atoms with van der Waals surface area (Å²) in [4.78, 5) is 21.2. The molecule has 6 nitrogen and oxygen atoms in total. The predicted molar refractivity (Wildman–Crippen MR) is 97.0 cm³/mol. The molecule has 0 amide bonds. The zero-order valence-corrected chi connectivity index (χ0v) is 14.7. The smallest absolute Gasteiger partial charge is 0.278 e. The van der Waals surface area contributed by atoms with E-state index in [1.807, 2.05) is 33.0 Å². The van der Waals surface area contributed by atoms with Gasteiger partial charge in [0.2, 0.25) is 5.95 Å². The van der Waals surface area contributed by atoms with Gasteiger partial charge in [-0.05, 0) is 37.5 Å². The third kappa shape index (κ3) is 2.79. The number of benzene rings is 1. The lowest BCUT2D eigenvalue weighted by atomic mass is 10.0. The molecule has 0 aliphatic rings. The second-order valence-corrected chi connectivity index (χ2v) is 6.60. The van der Waals surface area contributed by atoms with Crippen LogP contribution >= 0.6 is 0 Å². The van der Waals surface area contributed by atoms with E-state index in [2.05, 4.69) is 41.3 Å². The fourth-order valence-corrected chi connectivity index (χ4v) is 2.85. The van der Waals surface area contributed by atoms with Crippen molar-refractivity contribution in [2.45, 2.75) is 39.7 Å². The number of aromatic nitrogens is 4. The van der Waals surface area contributed by atoms with Gasteiger partial charge in [-0.2, -0.15) is 4.98 Å².